The third-order valence-electron chi connectivity index (χ3n) is 5.87. The summed E-state index contributed by atoms with van der Waals surface area (Å²) in [6, 6.07) is 20.5. The molecular formula is C26H18FN3O2. The number of H-pyrrole nitrogens is 1. The zero-order valence-corrected chi connectivity index (χ0v) is 16.9. The number of aromatic nitrogens is 3. The van der Waals surface area contributed by atoms with Crippen LogP contribution in [0.2, 0.25) is 0 Å². The lowest BCUT2D eigenvalue weighted by atomic mass is 9.98. The number of pyridine rings is 2. The number of hydrogen-bond donors (Lipinski definition) is 2. The fourth-order valence-corrected chi connectivity index (χ4v) is 4.30. The number of hydrogen-bond acceptors (Lipinski definition) is 4. The number of phenols is 1. The highest BCUT2D eigenvalue weighted by atomic mass is 19.1. The van der Waals surface area contributed by atoms with Gasteiger partial charge in [-0.3, -0.25) is 4.98 Å². The second-order valence-corrected chi connectivity index (χ2v) is 7.78. The molecule has 0 saturated heterocycles. The van der Waals surface area contributed by atoms with Gasteiger partial charge in [-0.05, 0) is 35.4 Å². The first kappa shape index (κ1) is 18.7. The lowest BCUT2D eigenvalue weighted by Crippen LogP contribution is -2.01. The number of fused-ring (bicyclic) bond motifs is 2. The highest BCUT2D eigenvalue weighted by Gasteiger charge is 2.34. The summed E-state index contributed by atoms with van der Waals surface area (Å²) in [6.07, 6.45) is 3.27. The summed E-state index contributed by atoms with van der Waals surface area (Å²) in [5.74, 6) is 0.214. The molecule has 1 aliphatic rings. The summed E-state index contributed by atoms with van der Waals surface area (Å²) in [5.41, 5.74) is 6.11. The molecule has 1 aliphatic heterocycles. The lowest BCUT2D eigenvalue weighted by molar-refractivity contribution is -0.0515. The van der Waals surface area contributed by atoms with Gasteiger partial charge < -0.3 is 14.8 Å². The molecule has 0 radical (unpaired) electrons. The first-order chi connectivity index (χ1) is 15.7. The zero-order valence-electron chi connectivity index (χ0n) is 16.9. The van der Waals surface area contributed by atoms with Crippen LogP contribution in [0, 0.1) is 0 Å². The predicted molar refractivity (Wildman–Crippen MR) is 120 cm³/mol. The molecule has 0 bridgehead atoms. The van der Waals surface area contributed by atoms with Crippen LogP contribution in [0.4, 0.5) is 4.39 Å². The number of nitrogens with one attached hydrogen (secondary N) is 1. The Morgan fingerprint density at radius 2 is 1.81 bits per heavy atom. The number of benzene rings is 2. The van der Waals surface area contributed by atoms with Crippen LogP contribution < -0.4 is 0 Å². The fraction of sp³-hybridized carbons (Fsp3) is 0.0769. The maximum Gasteiger partial charge on any atom is 0.227 e. The van der Waals surface area contributed by atoms with Crippen molar-refractivity contribution in [3.8, 4) is 28.0 Å². The van der Waals surface area contributed by atoms with Crippen molar-refractivity contribution in [2.75, 3.05) is 0 Å². The highest BCUT2D eigenvalue weighted by Crippen LogP contribution is 2.43. The third kappa shape index (κ3) is 2.96. The number of rotatable bonds is 3. The molecule has 5 aromatic rings. The molecule has 2 atom stereocenters. The highest BCUT2D eigenvalue weighted by molar-refractivity contribution is 5.97. The maximum absolute atomic E-state index is 14.4. The van der Waals surface area contributed by atoms with Gasteiger partial charge in [0.1, 0.15) is 17.5 Å². The van der Waals surface area contributed by atoms with E-state index in [9.17, 15) is 9.50 Å². The Labute approximate surface area is 183 Å². The van der Waals surface area contributed by atoms with Crippen LogP contribution in [0.3, 0.4) is 0 Å². The van der Waals surface area contributed by atoms with Crippen LogP contribution in [0.1, 0.15) is 29.3 Å². The van der Waals surface area contributed by atoms with E-state index in [2.05, 4.69) is 15.0 Å². The van der Waals surface area contributed by atoms with Gasteiger partial charge in [-0.2, -0.15) is 0 Å². The Bertz CT molecular complexity index is 1460. The molecule has 0 saturated carbocycles. The molecular weight excluding hydrogens is 405 g/mol. The normalized spacial score (nSPS) is 17.5. The van der Waals surface area contributed by atoms with Crippen molar-refractivity contribution in [3.63, 3.8) is 0 Å². The Balaban J connectivity index is 1.43. The van der Waals surface area contributed by atoms with Crippen LogP contribution >= 0.6 is 0 Å². The molecule has 2 aromatic carbocycles. The summed E-state index contributed by atoms with van der Waals surface area (Å²) >= 11 is 0. The molecule has 0 aliphatic carbocycles. The zero-order chi connectivity index (χ0) is 21.7. The molecule has 3 aromatic heterocycles. The first-order valence-corrected chi connectivity index (χ1v) is 10.3. The molecule has 0 fully saturated rings. The topological polar surface area (TPSA) is 71.0 Å². The number of phenolic OH excluding ortho intramolecular Hbond substituents is 1. The maximum atomic E-state index is 14.4. The Hall–Kier alpha value is -4.03. The van der Waals surface area contributed by atoms with Crippen molar-refractivity contribution < 1.29 is 14.2 Å². The smallest absolute Gasteiger partial charge is 0.227 e. The largest absolute Gasteiger partial charge is 0.507 e. The number of para-hydroxylation sites is 1. The molecule has 5 nitrogen and oxygen atoms in total. The number of nitrogens with zero attached hydrogens (tertiary/aromatic N) is 2. The molecule has 6 rings (SSSR count). The van der Waals surface area contributed by atoms with E-state index in [1.807, 2.05) is 48.7 Å². The van der Waals surface area contributed by atoms with Crippen molar-refractivity contribution in [3.05, 3.63) is 102 Å². The van der Waals surface area contributed by atoms with Crippen molar-refractivity contribution in [2.45, 2.75) is 12.5 Å². The minimum Gasteiger partial charge on any atom is -0.507 e. The number of alkyl halides is 1. The predicted octanol–water partition coefficient (Wildman–Crippen LogP) is 6.09. The summed E-state index contributed by atoms with van der Waals surface area (Å²) in [4.78, 5) is 12.1. The van der Waals surface area contributed by atoms with E-state index in [-0.39, 0.29) is 5.75 Å². The monoisotopic (exact) mass is 423 g/mol. The SMILES string of the molecule is Oc1ccccc1-c1c[nH]c2ncc(-c3cccc(C4OC(F)c5cccnc54)c3)cc12. The second-order valence-electron chi connectivity index (χ2n) is 7.78. The molecule has 2 N–H and O–H groups in total. The minimum absolute atomic E-state index is 0.214. The molecule has 2 unspecified atom stereocenters. The standard InChI is InChI=1S/C26H18FN3O2/c27-25-19-8-4-10-28-23(19)24(32-25)16-6-3-5-15(11-16)17-12-20-21(14-30-26(20)29-13-17)18-7-1-2-9-22(18)31/h1-14,24-25,31H,(H,29,30). The summed E-state index contributed by atoms with van der Waals surface area (Å²) < 4.78 is 19.9. The van der Waals surface area contributed by atoms with Gasteiger partial charge in [0.05, 0.1) is 5.69 Å². The van der Waals surface area contributed by atoms with Gasteiger partial charge in [-0.1, -0.05) is 42.5 Å². The molecule has 6 heteroatoms. The Morgan fingerprint density at radius 1 is 0.906 bits per heavy atom. The Kier molecular flexibility index (Phi) is 4.26. The number of ether oxygens (including phenoxy) is 1. The van der Waals surface area contributed by atoms with Gasteiger partial charge in [-0.15, -0.1) is 0 Å². The van der Waals surface area contributed by atoms with E-state index in [4.69, 9.17) is 4.74 Å². The molecule has 4 heterocycles. The molecule has 0 amide bonds. The first-order valence-electron chi connectivity index (χ1n) is 10.3. The third-order valence-corrected chi connectivity index (χ3v) is 5.87. The van der Waals surface area contributed by atoms with Crippen LogP contribution in [0.15, 0.2) is 85.3 Å². The van der Waals surface area contributed by atoms with Crippen molar-refractivity contribution in [2.24, 2.45) is 0 Å². The second kappa shape index (κ2) is 7.28. The van der Waals surface area contributed by atoms with Crippen molar-refractivity contribution >= 4 is 11.0 Å². The average Bonchev–Trinajstić information content (AvgIpc) is 3.40. The van der Waals surface area contributed by atoms with Gasteiger partial charge in [0.15, 0.2) is 0 Å². The van der Waals surface area contributed by atoms with Crippen LogP contribution in [-0.2, 0) is 4.74 Å². The van der Waals surface area contributed by atoms with E-state index in [0.29, 0.717) is 11.3 Å². The van der Waals surface area contributed by atoms with E-state index in [1.165, 1.54) is 0 Å². The fourth-order valence-electron chi connectivity index (χ4n) is 4.30. The van der Waals surface area contributed by atoms with E-state index in [1.54, 1.807) is 36.7 Å². The lowest BCUT2D eigenvalue weighted by Gasteiger charge is -2.13. The van der Waals surface area contributed by atoms with Crippen LogP contribution in [0.25, 0.3) is 33.3 Å². The minimum atomic E-state index is -1.48. The van der Waals surface area contributed by atoms with Gasteiger partial charge in [0.25, 0.3) is 0 Å². The summed E-state index contributed by atoms with van der Waals surface area (Å²) in [6.45, 7) is 0. The van der Waals surface area contributed by atoms with Crippen molar-refractivity contribution in [1.29, 1.82) is 0 Å². The van der Waals surface area contributed by atoms with Crippen LogP contribution in [-0.4, -0.2) is 20.1 Å². The molecule has 0 spiro atoms. The van der Waals surface area contributed by atoms with Gasteiger partial charge >= 0.3 is 0 Å². The molecule has 32 heavy (non-hydrogen) atoms. The summed E-state index contributed by atoms with van der Waals surface area (Å²) in [5, 5.41) is 11.2. The average molecular weight is 423 g/mol. The van der Waals surface area contributed by atoms with Gasteiger partial charge in [0, 0.05) is 46.2 Å². The van der Waals surface area contributed by atoms with Crippen molar-refractivity contribution in [1.82, 2.24) is 15.0 Å². The van der Waals surface area contributed by atoms with Gasteiger partial charge in [0.2, 0.25) is 6.36 Å². The van der Waals surface area contributed by atoms with Crippen LogP contribution in [0.5, 0.6) is 5.75 Å². The van der Waals surface area contributed by atoms with E-state index in [0.717, 1.165) is 38.9 Å². The Morgan fingerprint density at radius 3 is 2.72 bits per heavy atom. The number of aromatic amines is 1. The summed E-state index contributed by atoms with van der Waals surface area (Å²) in [7, 11) is 0. The van der Waals surface area contributed by atoms with E-state index >= 15 is 0 Å². The van der Waals surface area contributed by atoms with E-state index < -0.39 is 12.5 Å². The van der Waals surface area contributed by atoms with Gasteiger partial charge in [-0.25, -0.2) is 9.37 Å². The number of halogens is 1. The number of aromatic hydroxyl groups is 1. The quantitative estimate of drug-likeness (QED) is 0.369. The molecule has 156 valence electrons.